The Hall–Kier alpha value is -1.52. The Morgan fingerprint density at radius 1 is 1.38 bits per heavy atom. The van der Waals surface area contributed by atoms with Crippen LogP contribution in [0.5, 0.6) is 0 Å². The van der Waals surface area contributed by atoms with Crippen LogP contribution in [0.25, 0.3) is 11.2 Å². The summed E-state index contributed by atoms with van der Waals surface area (Å²) in [5.74, 6) is 1.71. The predicted octanol–water partition coefficient (Wildman–Crippen LogP) is 4.78. The van der Waals surface area contributed by atoms with Gasteiger partial charge in [0.2, 0.25) is 0 Å². The molecule has 110 valence electrons. The fourth-order valence-electron chi connectivity index (χ4n) is 2.50. The Morgan fingerprint density at radius 2 is 2.19 bits per heavy atom. The van der Waals surface area contributed by atoms with Crippen molar-refractivity contribution in [1.82, 2.24) is 14.5 Å². The Kier molecular flexibility index (Phi) is 3.91. The third-order valence-electron chi connectivity index (χ3n) is 3.40. The topological polar surface area (TPSA) is 43.9 Å². The lowest BCUT2D eigenvalue weighted by atomic mass is 10.2. The average molecular weight is 324 g/mol. The third-order valence-corrected chi connectivity index (χ3v) is 3.80. The minimum atomic E-state index is -0.211. The average Bonchev–Trinajstić information content (AvgIpc) is 3.04. The number of halogens is 2. The molecule has 2 unspecified atom stereocenters. The number of nitrogens with zero attached hydrogens (tertiary/aromatic N) is 3. The lowest BCUT2D eigenvalue weighted by Crippen LogP contribution is -2.12. The number of rotatable bonds is 4. The molecule has 3 heterocycles. The van der Waals surface area contributed by atoms with Gasteiger partial charge in [-0.05, 0) is 32.0 Å². The van der Waals surface area contributed by atoms with Crippen molar-refractivity contribution in [2.24, 2.45) is 0 Å². The fourth-order valence-corrected chi connectivity index (χ4v) is 2.81. The van der Waals surface area contributed by atoms with Crippen molar-refractivity contribution < 1.29 is 4.42 Å². The van der Waals surface area contributed by atoms with Gasteiger partial charge in [-0.2, -0.15) is 0 Å². The number of hydrogen-bond donors (Lipinski definition) is 0. The molecule has 0 aliphatic rings. The van der Waals surface area contributed by atoms with Crippen molar-refractivity contribution in [3.05, 3.63) is 47.3 Å². The van der Waals surface area contributed by atoms with Crippen LogP contribution in [-0.4, -0.2) is 14.5 Å². The summed E-state index contributed by atoms with van der Waals surface area (Å²) in [6.07, 6.45) is 4.06. The smallest absolute Gasteiger partial charge is 0.160 e. The van der Waals surface area contributed by atoms with Crippen LogP contribution in [0.2, 0.25) is 5.02 Å². The van der Waals surface area contributed by atoms with Crippen LogP contribution in [0.4, 0.5) is 0 Å². The fraction of sp³-hybridized carbons (Fsp3) is 0.333. The second kappa shape index (κ2) is 5.70. The minimum Gasteiger partial charge on any atom is -0.469 e. The van der Waals surface area contributed by atoms with Gasteiger partial charge in [-0.3, -0.25) is 0 Å². The summed E-state index contributed by atoms with van der Waals surface area (Å²) in [5, 5.41) is 0.358. The zero-order valence-corrected chi connectivity index (χ0v) is 13.3. The monoisotopic (exact) mass is 323 g/mol. The van der Waals surface area contributed by atoms with Crippen molar-refractivity contribution >= 4 is 34.4 Å². The molecule has 3 rings (SSSR count). The van der Waals surface area contributed by atoms with Gasteiger partial charge < -0.3 is 8.98 Å². The molecular formula is C15H15Cl2N3O. The maximum atomic E-state index is 6.28. The highest BCUT2D eigenvalue weighted by atomic mass is 35.5. The van der Waals surface area contributed by atoms with E-state index in [2.05, 4.69) is 21.5 Å². The van der Waals surface area contributed by atoms with E-state index >= 15 is 0 Å². The van der Waals surface area contributed by atoms with Gasteiger partial charge in [-0.25, -0.2) is 9.97 Å². The van der Waals surface area contributed by atoms with Gasteiger partial charge in [0, 0.05) is 18.7 Å². The summed E-state index contributed by atoms with van der Waals surface area (Å²) >= 11 is 12.3. The van der Waals surface area contributed by atoms with Gasteiger partial charge >= 0.3 is 0 Å². The van der Waals surface area contributed by atoms with Gasteiger partial charge in [0.15, 0.2) is 5.65 Å². The highest BCUT2D eigenvalue weighted by molar-refractivity contribution is 6.31. The van der Waals surface area contributed by atoms with E-state index in [1.807, 2.05) is 25.1 Å². The molecule has 0 saturated carbocycles. The Morgan fingerprint density at radius 3 is 2.86 bits per heavy atom. The minimum absolute atomic E-state index is 0.131. The molecule has 0 bridgehead atoms. The first-order valence-corrected chi connectivity index (χ1v) is 7.57. The number of furan rings is 1. The van der Waals surface area contributed by atoms with Crippen LogP contribution < -0.4 is 0 Å². The number of pyridine rings is 1. The first-order valence-electron chi connectivity index (χ1n) is 6.76. The Labute approximate surface area is 132 Å². The molecule has 0 spiro atoms. The molecule has 0 fully saturated rings. The van der Waals surface area contributed by atoms with Gasteiger partial charge in [0.25, 0.3) is 0 Å². The van der Waals surface area contributed by atoms with Gasteiger partial charge in [0.05, 0.1) is 16.7 Å². The lowest BCUT2D eigenvalue weighted by molar-refractivity contribution is 0.445. The highest BCUT2D eigenvalue weighted by Gasteiger charge is 2.21. The van der Waals surface area contributed by atoms with Crippen molar-refractivity contribution in [3.63, 3.8) is 0 Å². The van der Waals surface area contributed by atoms with Crippen molar-refractivity contribution in [3.8, 4) is 0 Å². The summed E-state index contributed by atoms with van der Waals surface area (Å²) < 4.78 is 7.49. The first-order chi connectivity index (χ1) is 10.1. The number of hydrogen-bond acceptors (Lipinski definition) is 3. The second-order valence-electron chi connectivity index (χ2n) is 5.08. The summed E-state index contributed by atoms with van der Waals surface area (Å²) in [5.41, 5.74) is 1.55. The van der Waals surface area contributed by atoms with E-state index in [-0.39, 0.29) is 11.4 Å². The summed E-state index contributed by atoms with van der Waals surface area (Å²) in [4.78, 5) is 8.99. The van der Waals surface area contributed by atoms with Crippen molar-refractivity contribution in [2.45, 2.75) is 31.7 Å². The Balaban J connectivity index is 2.08. The summed E-state index contributed by atoms with van der Waals surface area (Å²) in [6, 6.07) is 5.79. The van der Waals surface area contributed by atoms with E-state index in [0.717, 1.165) is 29.2 Å². The molecule has 0 aliphatic heterocycles. The number of imidazole rings is 1. The molecule has 0 aliphatic carbocycles. The largest absolute Gasteiger partial charge is 0.469 e. The molecule has 0 aromatic carbocycles. The highest BCUT2D eigenvalue weighted by Crippen LogP contribution is 2.29. The lowest BCUT2D eigenvalue weighted by Gasteiger charge is -2.17. The van der Waals surface area contributed by atoms with Crippen LogP contribution in [-0.2, 0) is 6.42 Å². The molecule has 21 heavy (non-hydrogen) atoms. The van der Waals surface area contributed by atoms with Gasteiger partial charge in [0.1, 0.15) is 17.1 Å². The molecule has 0 amide bonds. The quantitative estimate of drug-likeness (QED) is 0.649. The number of alkyl halides is 1. The molecule has 4 nitrogen and oxygen atoms in total. The molecule has 6 heteroatoms. The maximum Gasteiger partial charge on any atom is 0.160 e. The molecule has 3 aromatic heterocycles. The van der Waals surface area contributed by atoms with Gasteiger partial charge in [-0.1, -0.05) is 11.6 Å². The second-order valence-corrected chi connectivity index (χ2v) is 6.18. The SMILES string of the molecule is CC(Cl)c1nc2cc(Cl)cnc2n1C(C)Cc1ccco1. The first kappa shape index (κ1) is 14.4. The van der Waals surface area contributed by atoms with Crippen molar-refractivity contribution in [2.75, 3.05) is 0 Å². The van der Waals surface area contributed by atoms with Crippen LogP contribution in [0.3, 0.4) is 0 Å². The molecular weight excluding hydrogens is 309 g/mol. The molecule has 0 N–H and O–H groups in total. The summed E-state index contributed by atoms with van der Waals surface area (Å²) in [6.45, 7) is 4.00. The van der Waals surface area contributed by atoms with E-state index in [4.69, 9.17) is 27.6 Å². The standard InChI is InChI=1S/C15H15Cl2N3O/c1-9(6-12-4-3-5-21-12)20-14(10(2)16)19-13-7-11(17)8-18-15(13)20/h3-5,7-10H,6H2,1-2H3. The van der Waals surface area contributed by atoms with Crippen LogP contribution in [0.15, 0.2) is 35.1 Å². The molecule has 0 radical (unpaired) electrons. The third kappa shape index (κ3) is 2.78. The van der Waals surface area contributed by atoms with E-state index in [1.54, 1.807) is 12.5 Å². The van der Waals surface area contributed by atoms with E-state index in [1.165, 1.54) is 0 Å². The molecule has 2 atom stereocenters. The zero-order chi connectivity index (χ0) is 15.0. The van der Waals surface area contributed by atoms with Crippen LogP contribution >= 0.6 is 23.2 Å². The van der Waals surface area contributed by atoms with Gasteiger partial charge in [-0.15, -0.1) is 11.6 Å². The summed E-state index contributed by atoms with van der Waals surface area (Å²) in [7, 11) is 0. The Bertz CT molecular complexity index is 750. The normalized spacial score (nSPS) is 14.5. The van der Waals surface area contributed by atoms with Crippen molar-refractivity contribution in [1.29, 1.82) is 0 Å². The number of aromatic nitrogens is 3. The predicted molar refractivity (Wildman–Crippen MR) is 83.9 cm³/mol. The van der Waals surface area contributed by atoms with Crippen LogP contribution in [0.1, 0.15) is 36.9 Å². The molecule has 3 aromatic rings. The maximum absolute atomic E-state index is 6.28. The van der Waals surface area contributed by atoms with E-state index in [9.17, 15) is 0 Å². The molecule has 0 saturated heterocycles. The van der Waals surface area contributed by atoms with E-state index in [0.29, 0.717) is 5.02 Å². The zero-order valence-electron chi connectivity index (χ0n) is 11.8. The van der Waals surface area contributed by atoms with E-state index < -0.39 is 0 Å². The van der Waals surface area contributed by atoms with Crippen LogP contribution in [0, 0.1) is 0 Å². The number of fused-ring (bicyclic) bond motifs is 1.